The molecule has 0 N–H and O–H groups in total. The van der Waals surface area contributed by atoms with Crippen LogP contribution in [0.4, 0.5) is 0 Å². The van der Waals surface area contributed by atoms with E-state index >= 15 is 0 Å². The normalized spacial score (nSPS) is 13.5. The second-order valence-electron chi connectivity index (χ2n) is 5.44. The van der Waals surface area contributed by atoms with Gasteiger partial charge in [-0.15, -0.1) is 0 Å². The Morgan fingerprint density at radius 3 is 2.43 bits per heavy atom. The number of benzene rings is 2. The van der Waals surface area contributed by atoms with Crippen LogP contribution in [0.3, 0.4) is 0 Å². The van der Waals surface area contributed by atoms with E-state index < -0.39 is 0 Å². The van der Waals surface area contributed by atoms with Crippen molar-refractivity contribution in [2.45, 2.75) is 18.9 Å². The molecule has 0 bridgehead atoms. The first-order valence-corrected chi connectivity index (χ1v) is 7.03. The van der Waals surface area contributed by atoms with Crippen LogP contribution in [0, 0.1) is 11.3 Å². The Morgan fingerprint density at radius 2 is 1.81 bits per heavy atom. The van der Waals surface area contributed by atoms with E-state index in [9.17, 15) is 4.79 Å². The highest BCUT2D eigenvalue weighted by atomic mass is 16.2. The molecular formula is C18H16N2O. The molecule has 1 aliphatic carbocycles. The van der Waals surface area contributed by atoms with Crippen LogP contribution in [0.1, 0.15) is 27.0 Å². The van der Waals surface area contributed by atoms with Crippen LogP contribution >= 0.6 is 0 Å². The predicted molar refractivity (Wildman–Crippen MR) is 80.9 cm³/mol. The molecule has 1 amide bonds. The Labute approximate surface area is 124 Å². The summed E-state index contributed by atoms with van der Waals surface area (Å²) in [4.78, 5) is 14.4. The van der Waals surface area contributed by atoms with E-state index in [1.165, 1.54) is 11.1 Å². The molecule has 0 aromatic heterocycles. The van der Waals surface area contributed by atoms with Crippen molar-refractivity contribution in [2.24, 2.45) is 0 Å². The van der Waals surface area contributed by atoms with Crippen LogP contribution in [-0.4, -0.2) is 23.9 Å². The van der Waals surface area contributed by atoms with Gasteiger partial charge in [0.2, 0.25) is 0 Å². The van der Waals surface area contributed by atoms with Crippen molar-refractivity contribution in [2.75, 3.05) is 7.05 Å². The van der Waals surface area contributed by atoms with Crippen LogP contribution in [0.15, 0.2) is 48.5 Å². The van der Waals surface area contributed by atoms with Crippen LogP contribution in [0.2, 0.25) is 0 Å². The molecule has 3 nitrogen and oxygen atoms in total. The van der Waals surface area contributed by atoms with E-state index in [1.807, 2.05) is 19.2 Å². The molecule has 0 heterocycles. The Balaban J connectivity index is 1.79. The van der Waals surface area contributed by atoms with Gasteiger partial charge in [0.1, 0.15) is 0 Å². The molecule has 2 aromatic carbocycles. The molecule has 0 saturated heterocycles. The molecule has 0 saturated carbocycles. The smallest absolute Gasteiger partial charge is 0.253 e. The number of nitrogens with zero attached hydrogens (tertiary/aromatic N) is 2. The molecular weight excluding hydrogens is 260 g/mol. The van der Waals surface area contributed by atoms with Crippen LogP contribution in [0.25, 0.3) is 0 Å². The van der Waals surface area contributed by atoms with Crippen LogP contribution in [0.5, 0.6) is 0 Å². The molecule has 0 atom stereocenters. The first-order valence-electron chi connectivity index (χ1n) is 7.03. The highest BCUT2D eigenvalue weighted by Crippen LogP contribution is 2.25. The Bertz CT molecular complexity index is 705. The Kier molecular flexibility index (Phi) is 3.45. The molecule has 0 aliphatic heterocycles. The van der Waals surface area contributed by atoms with Gasteiger partial charge in [-0.2, -0.15) is 5.26 Å². The van der Waals surface area contributed by atoms with E-state index in [4.69, 9.17) is 5.26 Å². The third-order valence-electron chi connectivity index (χ3n) is 4.14. The highest BCUT2D eigenvalue weighted by Gasteiger charge is 2.27. The Hall–Kier alpha value is -2.60. The molecule has 3 heteroatoms. The number of amides is 1. The van der Waals surface area contributed by atoms with Gasteiger partial charge in [0, 0.05) is 18.7 Å². The predicted octanol–water partition coefficient (Wildman–Crippen LogP) is 2.80. The lowest BCUT2D eigenvalue weighted by atomic mass is 10.1. The summed E-state index contributed by atoms with van der Waals surface area (Å²) in [6.45, 7) is 0. The lowest BCUT2D eigenvalue weighted by molar-refractivity contribution is 0.0737. The van der Waals surface area contributed by atoms with Gasteiger partial charge in [-0.05, 0) is 42.2 Å². The minimum absolute atomic E-state index is 0.0232. The summed E-state index contributed by atoms with van der Waals surface area (Å²) >= 11 is 0. The number of hydrogen-bond acceptors (Lipinski definition) is 2. The standard InChI is InChI=1S/C18H16N2O/c1-20(17-10-14-6-2-3-7-15(14)11-17)18(21)16-8-4-5-13(9-16)12-19/h2-9,17H,10-11H2,1H3. The van der Waals surface area contributed by atoms with Crippen molar-refractivity contribution in [3.05, 3.63) is 70.8 Å². The quantitative estimate of drug-likeness (QED) is 0.846. The van der Waals surface area contributed by atoms with E-state index in [-0.39, 0.29) is 11.9 Å². The fourth-order valence-electron chi connectivity index (χ4n) is 2.90. The molecule has 0 radical (unpaired) electrons. The fourth-order valence-corrected chi connectivity index (χ4v) is 2.90. The number of carbonyl (C=O) groups is 1. The lowest BCUT2D eigenvalue weighted by Crippen LogP contribution is -2.37. The first-order chi connectivity index (χ1) is 10.2. The van der Waals surface area contributed by atoms with Crippen molar-refractivity contribution in [1.82, 2.24) is 4.90 Å². The van der Waals surface area contributed by atoms with Gasteiger partial charge in [-0.1, -0.05) is 30.3 Å². The van der Waals surface area contributed by atoms with Gasteiger partial charge in [0.25, 0.3) is 5.91 Å². The van der Waals surface area contributed by atoms with E-state index in [0.29, 0.717) is 11.1 Å². The number of fused-ring (bicyclic) bond motifs is 1. The number of nitriles is 1. The van der Waals surface area contributed by atoms with E-state index in [1.54, 1.807) is 29.2 Å². The number of likely N-dealkylation sites (N-methyl/N-ethyl adjacent to an activating group) is 1. The summed E-state index contributed by atoms with van der Waals surface area (Å²) in [5.74, 6) is -0.0232. The summed E-state index contributed by atoms with van der Waals surface area (Å²) in [6, 6.07) is 17.5. The summed E-state index contributed by atoms with van der Waals surface area (Å²) in [7, 11) is 1.85. The molecule has 1 aliphatic rings. The monoisotopic (exact) mass is 276 g/mol. The fraction of sp³-hybridized carbons (Fsp3) is 0.222. The SMILES string of the molecule is CN(C(=O)c1cccc(C#N)c1)C1Cc2ccccc2C1. The van der Waals surface area contributed by atoms with Gasteiger partial charge in [0.05, 0.1) is 11.6 Å². The zero-order valence-electron chi connectivity index (χ0n) is 11.9. The topological polar surface area (TPSA) is 44.1 Å². The average molecular weight is 276 g/mol. The molecule has 3 rings (SSSR count). The van der Waals surface area contributed by atoms with Crippen molar-refractivity contribution in [1.29, 1.82) is 5.26 Å². The maximum atomic E-state index is 12.6. The third kappa shape index (κ3) is 2.53. The zero-order valence-corrected chi connectivity index (χ0v) is 11.9. The minimum Gasteiger partial charge on any atom is -0.338 e. The van der Waals surface area contributed by atoms with Crippen molar-refractivity contribution in [3.8, 4) is 6.07 Å². The summed E-state index contributed by atoms with van der Waals surface area (Å²) < 4.78 is 0. The molecule has 0 spiro atoms. The lowest BCUT2D eigenvalue weighted by Gasteiger charge is -2.24. The summed E-state index contributed by atoms with van der Waals surface area (Å²) in [5.41, 5.74) is 3.75. The molecule has 21 heavy (non-hydrogen) atoms. The first kappa shape index (κ1) is 13.4. The zero-order chi connectivity index (χ0) is 14.8. The van der Waals surface area contributed by atoms with Gasteiger partial charge in [-0.25, -0.2) is 0 Å². The molecule has 2 aromatic rings. The van der Waals surface area contributed by atoms with Crippen LogP contribution < -0.4 is 0 Å². The molecule has 0 unspecified atom stereocenters. The average Bonchev–Trinajstić information content (AvgIpc) is 2.97. The number of rotatable bonds is 2. The second-order valence-corrected chi connectivity index (χ2v) is 5.44. The molecule has 104 valence electrons. The highest BCUT2D eigenvalue weighted by molar-refractivity contribution is 5.94. The van der Waals surface area contributed by atoms with E-state index in [0.717, 1.165) is 12.8 Å². The van der Waals surface area contributed by atoms with E-state index in [2.05, 4.69) is 18.2 Å². The maximum absolute atomic E-state index is 12.6. The van der Waals surface area contributed by atoms with Crippen molar-refractivity contribution in [3.63, 3.8) is 0 Å². The van der Waals surface area contributed by atoms with Gasteiger partial charge in [0.15, 0.2) is 0 Å². The van der Waals surface area contributed by atoms with Gasteiger partial charge < -0.3 is 4.90 Å². The van der Waals surface area contributed by atoms with Gasteiger partial charge >= 0.3 is 0 Å². The van der Waals surface area contributed by atoms with Crippen molar-refractivity contribution < 1.29 is 4.79 Å². The molecule has 0 fully saturated rings. The summed E-state index contributed by atoms with van der Waals surface area (Å²) in [5, 5.41) is 8.94. The van der Waals surface area contributed by atoms with Crippen molar-refractivity contribution >= 4 is 5.91 Å². The number of carbonyl (C=O) groups excluding carboxylic acids is 1. The Morgan fingerprint density at radius 1 is 1.14 bits per heavy atom. The van der Waals surface area contributed by atoms with Gasteiger partial charge in [-0.3, -0.25) is 4.79 Å². The number of hydrogen-bond donors (Lipinski definition) is 0. The largest absolute Gasteiger partial charge is 0.338 e. The summed E-state index contributed by atoms with van der Waals surface area (Å²) in [6.07, 6.45) is 1.80. The minimum atomic E-state index is -0.0232. The van der Waals surface area contributed by atoms with Crippen LogP contribution in [-0.2, 0) is 12.8 Å². The second kappa shape index (κ2) is 5.41. The maximum Gasteiger partial charge on any atom is 0.253 e. The third-order valence-corrected chi connectivity index (χ3v) is 4.14.